The van der Waals surface area contributed by atoms with Gasteiger partial charge in [0.05, 0.1) is 0 Å². The van der Waals surface area contributed by atoms with Crippen LogP contribution in [0.1, 0.15) is 13.3 Å². The highest BCUT2D eigenvalue weighted by atomic mass is 19.2. The molecule has 17 heavy (non-hydrogen) atoms. The van der Waals surface area contributed by atoms with Crippen LogP contribution in [-0.4, -0.2) is 24.7 Å². The van der Waals surface area contributed by atoms with E-state index in [1.807, 2.05) is 0 Å². The van der Waals surface area contributed by atoms with Crippen LogP contribution < -0.4 is 5.32 Å². The predicted octanol–water partition coefficient (Wildman–Crippen LogP) is 2.47. The molecular weight excluding hydrogens is 240 g/mol. The summed E-state index contributed by atoms with van der Waals surface area (Å²) in [7, 11) is 1.47. The molecule has 7 heteroatoms. The van der Waals surface area contributed by atoms with Crippen LogP contribution in [0.2, 0.25) is 0 Å². The Kier molecular flexibility index (Phi) is 4.68. The van der Waals surface area contributed by atoms with Gasteiger partial charge in [0.1, 0.15) is 5.69 Å². The van der Waals surface area contributed by atoms with Crippen LogP contribution in [0.5, 0.6) is 0 Å². The van der Waals surface area contributed by atoms with E-state index < -0.39 is 35.3 Å². The van der Waals surface area contributed by atoms with Crippen LogP contribution in [0.3, 0.4) is 0 Å². The molecule has 96 valence electrons. The Bertz CT molecular complexity index is 374. The summed E-state index contributed by atoms with van der Waals surface area (Å²) >= 11 is 0. The largest absolute Gasteiger partial charge is 0.385 e. The molecule has 0 aliphatic heterocycles. The van der Waals surface area contributed by atoms with Crippen LogP contribution in [0.4, 0.5) is 23.2 Å². The van der Waals surface area contributed by atoms with Crippen molar-refractivity contribution in [3.05, 3.63) is 23.5 Å². The summed E-state index contributed by atoms with van der Waals surface area (Å²) in [6.45, 7) is 1.96. The van der Waals surface area contributed by atoms with Gasteiger partial charge < -0.3 is 10.1 Å². The van der Waals surface area contributed by atoms with Gasteiger partial charge in [0.25, 0.3) is 11.9 Å². The van der Waals surface area contributed by atoms with Gasteiger partial charge in [-0.1, -0.05) is 0 Å². The number of hydrogen-bond donors (Lipinski definition) is 1. The number of halogens is 4. The maximum atomic E-state index is 13.2. The molecule has 1 atom stereocenters. The number of nitrogens with one attached hydrogen (secondary N) is 1. The smallest absolute Gasteiger partial charge is 0.253 e. The molecule has 1 unspecified atom stereocenters. The molecule has 0 aromatic carbocycles. The molecule has 1 aromatic heterocycles. The van der Waals surface area contributed by atoms with Crippen molar-refractivity contribution in [1.29, 1.82) is 0 Å². The van der Waals surface area contributed by atoms with Crippen molar-refractivity contribution in [1.82, 2.24) is 4.98 Å². The summed E-state index contributed by atoms with van der Waals surface area (Å²) in [5.41, 5.74) is -0.849. The van der Waals surface area contributed by atoms with E-state index in [4.69, 9.17) is 4.74 Å². The van der Waals surface area contributed by atoms with Crippen molar-refractivity contribution in [2.24, 2.45) is 0 Å². The normalized spacial score (nSPS) is 12.6. The Labute approximate surface area is 95.8 Å². The number of hydrogen-bond acceptors (Lipinski definition) is 3. The number of anilines is 1. The second-order valence-electron chi connectivity index (χ2n) is 3.52. The average Bonchev–Trinajstić information content (AvgIpc) is 2.29. The van der Waals surface area contributed by atoms with Crippen LogP contribution in [0.15, 0.2) is 0 Å². The van der Waals surface area contributed by atoms with E-state index in [2.05, 4.69) is 10.3 Å². The lowest BCUT2D eigenvalue weighted by molar-refractivity contribution is 0.191. The molecule has 0 radical (unpaired) electrons. The first-order valence-corrected chi connectivity index (χ1v) is 4.92. The van der Waals surface area contributed by atoms with Gasteiger partial charge in [0.15, 0.2) is 0 Å². The number of pyridine rings is 1. The third kappa shape index (κ3) is 3.29. The molecule has 0 spiro atoms. The van der Waals surface area contributed by atoms with E-state index in [9.17, 15) is 17.6 Å². The Hall–Kier alpha value is -1.37. The molecule has 0 amide bonds. The number of ether oxygens (including phenoxy) is 1. The minimum atomic E-state index is -1.68. The first-order valence-electron chi connectivity index (χ1n) is 4.92. The van der Waals surface area contributed by atoms with Crippen LogP contribution >= 0.6 is 0 Å². The molecule has 0 aliphatic rings. The molecule has 1 aromatic rings. The molecule has 1 heterocycles. The summed E-state index contributed by atoms with van der Waals surface area (Å²) in [5.74, 6) is -6.42. The van der Waals surface area contributed by atoms with Gasteiger partial charge in [-0.05, 0) is 13.3 Å². The van der Waals surface area contributed by atoms with Gasteiger partial charge in [0, 0.05) is 19.8 Å². The van der Waals surface area contributed by atoms with Crippen molar-refractivity contribution in [2.75, 3.05) is 19.0 Å². The van der Waals surface area contributed by atoms with E-state index in [1.165, 1.54) is 7.11 Å². The summed E-state index contributed by atoms with van der Waals surface area (Å²) in [6.07, 6.45) is 0.431. The molecule has 0 bridgehead atoms. The molecule has 1 N–H and O–H groups in total. The highest BCUT2D eigenvalue weighted by Gasteiger charge is 2.21. The second kappa shape index (κ2) is 5.81. The van der Waals surface area contributed by atoms with Gasteiger partial charge >= 0.3 is 0 Å². The van der Waals surface area contributed by atoms with Crippen LogP contribution in [-0.2, 0) is 4.74 Å². The topological polar surface area (TPSA) is 34.1 Å². The van der Waals surface area contributed by atoms with Crippen molar-refractivity contribution >= 4 is 5.69 Å². The zero-order valence-corrected chi connectivity index (χ0v) is 9.36. The highest BCUT2D eigenvalue weighted by Crippen LogP contribution is 2.23. The second-order valence-corrected chi connectivity index (χ2v) is 3.52. The molecule has 0 aliphatic carbocycles. The lowest BCUT2D eigenvalue weighted by atomic mass is 10.2. The Balaban J connectivity index is 2.90. The third-order valence-electron chi connectivity index (χ3n) is 2.14. The zero-order valence-electron chi connectivity index (χ0n) is 9.36. The monoisotopic (exact) mass is 252 g/mol. The van der Waals surface area contributed by atoms with Gasteiger partial charge in [0.2, 0.25) is 11.6 Å². The van der Waals surface area contributed by atoms with Crippen LogP contribution in [0, 0.1) is 23.5 Å². The van der Waals surface area contributed by atoms with E-state index in [-0.39, 0.29) is 0 Å². The Morgan fingerprint density at radius 1 is 1.18 bits per heavy atom. The third-order valence-corrected chi connectivity index (χ3v) is 2.14. The van der Waals surface area contributed by atoms with Crippen molar-refractivity contribution in [2.45, 2.75) is 19.4 Å². The minimum absolute atomic E-state index is 0.355. The van der Waals surface area contributed by atoms with Crippen molar-refractivity contribution in [3.8, 4) is 0 Å². The van der Waals surface area contributed by atoms with Gasteiger partial charge in [-0.3, -0.25) is 0 Å². The van der Waals surface area contributed by atoms with E-state index >= 15 is 0 Å². The van der Waals surface area contributed by atoms with E-state index in [0.717, 1.165) is 0 Å². The quantitative estimate of drug-likeness (QED) is 0.645. The van der Waals surface area contributed by atoms with Crippen LogP contribution in [0.25, 0.3) is 0 Å². The predicted molar refractivity (Wildman–Crippen MR) is 53.6 cm³/mol. The minimum Gasteiger partial charge on any atom is -0.385 e. The van der Waals surface area contributed by atoms with Crippen molar-refractivity contribution in [3.63, 3.8) is 0 Å². The van der Waals surface area contributed by atoms with Gasteiger partial charge in [-0.25, -0.2) is 0 Å². The number of aromatic nitrogens is 1. The van der Waals surface area contributed by atoms with E-state index in [0.29, 0.717) is 13.0 Å². The van der Waals surface area contributed by atoms with E-state index in [1.54, 1.807) is 6.92 Å². The first kappa shape index (κ1) is 13.7. The standard InChI is InChI=1S/C10H12F4N2O/c1-5(3-4-17-2)15-8-6(11)9(13)16-10(14)7(8)12/h5H,3-4H2,1-2H3,(H,15,16). The maximum Gasteiger partial charge on any atom is 0.253 e. The summed E-state index contributed by atoms with van der Waals surface area (Å²) < 4.78 is 56.7. The molecule has 0 fully saturated rings. The lowest BCUT2D eigenvalue weighted by Gasteiger charge is -2.15. The zero-order chi connectivity index (χ0) is 13.0. The fourth-order valence-corrected chi connectivity index (χ4v) is 1.23. The summed E-state index contributed by atoms with van der Waals surface area (Å²) in [4.78, 5) is 2.45. The van der Waals surface area contributed by atoms with Gasteiger partial charge in [-0.2, -0.15) is 22.5 Å². The fourth-order valence-electron chi connectivity index (χ4n) is 1.23. The number of methoxy groups -OCH3 is 1. The van der Waals surface area contributed by atoms with Crippen molar-refractivity contribution < 1.29 is 22.3 Å². The Morgan fingerprint density at radius 3 is 2.18 bits per heavy atom. The lowest BCUT2D eigenvalue weighted by Crippen LogP contribution is -2.20. The summed E-state index contributed by atoms with van der Waals surface area (Å²) in [5, 5.41) is 2.34. The molecule has 3 nitrogen and oxygen atoms in total. The summed E-state index contributed by atoms with van der Waals surface area (Å²) in [6, 6.07) is -0.403. The molecular formula is C10H12F4N2O. The first-order chi connectivity index (χ1) is 7.97. The highest BCUT2D eigenvalue weighted by molar-refractivity contribution is 5.46. The number of nitrogens with zero attached hydrogens (tertiary/aromatic N) is 1. The Morgan fingerprint density at radius 2 is 1.71 bits per heavy atom. The maximum absolute atomic E-state index is 13.2. The SMILES string of the molecule is COCCC(C)Nc1c(F)c(F)nc(F)c1F. The molecule has 0 saturated heterocycles. The van der Waals surface area contributed by atoms with Gasteiger partial charge in [-0.15, -0.1) is 0 Å². The molecule has 0 saturated carbocycles. The number of rotatable bonds is 5. The molecule has 1 rings (SSSR count). The average molecular weight is 252 g/mol. The fraction of sp³-hybridized carbons (Fsp3) is 0.500.